The van der Waals surface area contributed by atoms with Gasteiger partial charge in [0.15, 0.2) is 0 Å². The molecular weight excluding hydrogens is 152 g/mol. The minimum atomic E-state index is 0.493. The molecule has 2 N–H and O–H groups in total. The van der Waals surface area contributed by atoms with Crippen LogP contribution in [0.2, 0.25) is 0 Å². The number of piperidine rings is 1. The fourth-order valence-corrected chi connectivity index (χ4v) is 1.48. The summed E-state index contributed by atoms with van der Waals surface area (Å²) in [6, 6.07) is 0. The van der Waals surface area contributed by atoms with Crippen LogP contribution in [-0.2, 0) is 4.74 Å². The first-order valence-corrected chi connectivity index (χ1v) is 4.83. The van der Waals surface area contributed by atoms with Gasteiger partial charge in [-0.2, -0.15) is 0 Å². The first-order chi connectivity index (χ1) is 5.83. The number of likely N-dealkylation sites (tertiary alicyclic amines) is 1. The average Bonchev–Trinajstić information content (AvgIpc) is 2.09. The highest BCUT2D eigenvalue weighted by molar-refractivity contribution is 4.69. The average molecular weight is 172 g/mol. The van der Waals surface area contributed by atoms with Crippen LogP contribution in [0.5, 0.6) is 0 Å². The second-order valence-electron chi connectivity index (χ2n) is 3.52. The van der Waals surface area contributed by atoms with E-state index in [4.69, 9.17) is 10.5 Å². The molecule has 1 aliphatic heterocycles. The molecule has 1 fully saturated rings. The van der Waals surface area contributed by atoms with E-state index in [2.05, 4.69) is 11.9 Å². The maximum absolute atomic E-state index is 5.66. The van der Waals surface area contributed by atoms with Crippen LogP contribution in [0, 0.1) is 0 Å². The summed E-state index contributed by atoms with van der Waals surface area (Å²) in [5.74, 6) is 0. The van der Waals surface area contributed by atoms with Crippen molar-refractivity contribution in [2.45, 2.75) is 25.4 Å². The first-order valence-electron chi connectivity index (χ1n) is 4.83. The van der Waals surface area contributed by atoms with E-state index >= 15 is 0 Å². The predicted molar refractivity (Wildman–Crippen MR) is 50.1 cm³/mol. The molecule has 3 nitrogen and oxygen atoms in total. The van der Waals surface area contributed by atoms with E-state index in [0.717, 1.165) is 19.6 Å². The highest BCUT2D eigenvalue weighted by atomic mass is 16.5. The molecule has 0 radical (unpaired) electrons. The van der Waals surface area contributed by atoms with E-state index in [-0.39, 0.29) is 0 Å². The van der Waals surface area contributed by atoms with Gasteiger partial charge in [0.2, 0.25) is 0 Å². The Morgan fingerprint density at radius 2 is 2.08 bits per heavy atom. The zero-order chi connectivity index (χ0) is 8.81. The molecule has 0 aromatic carbocycles. The van der Waals surface area contributed by atoms with Gasteiger partial charge in [-0.15, -0.1) is 0 Å². The number of hydrogen-bond donors (Lipinski definition) is 1. The van der Waals surface area contributed by atoms with Crippen LogP contribution in [0.1, 0.15) is 19.3 Å². The Morgan fingerprint density at radius 3 is 2.67 bits per heavy atom. The topological polar surface area (TPSA) is 38.5 Å². The Balaban J connectivity index is 2.01. The smallest absolute Gasteiger partial charge is 0.0599 e. The third kappa shape index (κ3) is 3.52. The Hall–Kier alpha value is -0.120. The van der Waals surface area contributed by atoms with Gasteiger partial charge in [0.25, 0.3) is 0 Å². The van der Waals surface area contributed by atoms with Gasteiger partial charge in [0.1, 0.15) is 0 Å². The second kappa shape index (κ2) is 5.51. The van der Waals surface area contributed by atoms with Crippen LogP contribution in [-0.4, -0.2) is 44.3 Å². The molecule has 0 aliphatic carbocycles. The Labute approximate surface area is 74.9 Å². The molecule has 1 heterocycles. The molecule has 0 saturated carbocycles. The van der Waals surface area contributed by atoms with E-state index in [9.17, 15) is 0 Å². The molecule has 0 spiro atoms. The van der Waals surface area contributed by atoms with Gasteiger partial charge in [-0.1, -0.05) is 0 Å². The van der Waals surface area contributed by atoms with Crippen LogP contribution in [0.3, 0.4) is 0 Å². The largest absolute Gasteiger partial charge is 0.378 e. The van der Waals surface area contributed by atoms with Crippen LogP contribution >= 0.6 is 0 Å². The summed E-state index contributed by atoms with van der Waals surface area (Å²) in [5.41, 5.74) is 5.38. The fourth-order valence-electron chi connectivity index (χ4n) is 1.48. The summed E-state index contributed by atoms with van der Waals surface area (Å²) in [4.78, 5) is 2.35. The number of rotatable bonds is 4. The van der Waals surface area contributed by atoms with Crippen LogP contribution in [0.15, 0.2) is 0 Å². The van der Waals surface area contributed by atoms with Gasteiger partial charge in [-0.25, -0.2) is 0 Å². The highest BCUT2D eigenvalue weighted by Gasteiger charge is 2.16. The quantitative estimate of drug-likeness (QED) is 0.626. The monoisotopic (exact) mass is 172 g/mol. The van der Waals surface area contributed by atoms with Gasteiger partial charge >= 0.3 is 0 Å². The lowest BCUT2D eigenvalue weighted by Gasteiger charge is -2.28. The number of nitrogens with zero attached hydrogens (tertiary/aromatic N) is 1. The molecule has 12 heavy (non-hydrogen) atoms. The van der Waals surface area contributed by atoms with E-state index < -0.39 is 0 Å². The van der Waals surface area contributed by atoms with Gasteiger partial charge < -0.3 is 15.4 Å². The lowest BCUT2D eigenvalue weighted by Crippen LogP contribution is -2.34. The van der Waals surface area contributed by atoms with Gasteiger partial charge in [-0.05, 0) is 32.9 Å². The Bertz CT molecular complexity index is 111. The number of nitrogens with two attached hydrogens (primary N) is 1. The van der Waals surface area contributed by atoms with Crippen molar-refractivity contribution in [2.24, 2.45) is 5.73 Å². The van der Waals surface area contributed by atoms with E-state index in [1.54, 1.807) is 0 Å². The molecular formula is C9H20N2O. The van der Waals surface area contributed by atoms with Crippen LogP contribution in [0.25, 0.3) is 0 Å². The summed E-state index contributed by atoms with van der Waals surface area (Å²) in [7, 11) is 2.16. The zero-order valence-electron chi connectivity index (χ0n) is 7.96. The third-order valence-corrected chi connectivity index (χ3v) is 2.37. The van der Waals surface area contributed by atoms with E-state index in [1.807, 2.05) is 0 Å². The molecule has 1 aliphatic rings. The number of ether oxygens (including phenoxy) is 1. The molecule has 0 aromatic rings. The fraction of sp³-hybridized carbons (Fsp3) is 1.00. The van der Waals surface area contributed by atoms with Crippen molar-refractivity contribution >= 4 is 0 Å². The van der Waals surface area contributed by atoms with Crippen molar-refractivity contribution < 1.29 is 4.74 Å². The van der Waals surface area contributed by atoms with E-state index in [0.29, 0.717) is 6.10 Å². The standard InChI is InChI=1S/C9H20N2O/c1-11-6-3-9(4-7-11)12-8-2-5-10/h9H,2-8,10H2,1H3. The first kappa shape index (κ1) is 9.96. The maximum atomic E-state index is 5.66. The summed E-state index contributed by atoms with van der Waals surface area (Å²) in [6.45, 7) is 3.93. The van der Waals surface area contributed by atoms with Crippen molar-refractivity contribution in [1.29, 1.82) is 0 Å². The normalized spacial score (nSPS) is 21.5. The van der Waals surface area contributed by atoms with Crippen molar-refractivity contribution in [3.63, 3.8) is 0 Å². The van der Waals surface area contributed by atoms with Crippen LogP contribution in [0.4, 0.5) is 0 Å². The highest BCUT2D eigenvalue weighted by Crippen LogP contribution is 2.11. The van der Waals surface area contributed by atoms with Crippen molar-refractivity contribution in [3.8, 4) is 0 Å². The second-order valence-corrected chi connectivity index (χ2v) is 3.52. The Kier molecular flexibility index (Phi) is 4.58. The molecule has 3 heteroatoms. The van der Waals surface area contributed by atoms with Gasteiger partial charge in [0.05, 0.1) is 6.10 Å². The molecule has 0 unspecified atom stereocenters. The SMILES string of the molecule is CN1CCC(OCCCN)CC1. The summed E-state index contributed by atoms with van der Waals surface area (Å²) in [5, 5.41) is 0. The molecule has 0 atom stereocenters. The lowest BCUT2D eigenvalue weighted by atomic mass is 10.1. The molecule has 1 saturated heterocycles. The minimum absolute atomic E-state index is 0.493. The summed E-state index contributed by atoms with van der Waals surface area (Å²) < 4.78 is 5.66. The molecule has 0 amide bonds. The number of hydrogen-bond acceptors (Lipinski definition) is 3. The molecule has 0 aromatic heterocycles. The Morgan fingerprint density at radius 1 is 1.42 bits per heavy atom. The van der Waals surface area contributed by atoms with Gasteiger partial charge in [-0.3, -0.25) is 0 Å². The molecule has 1 rings (SSSR count). The summed E-state index contributed by atoms with van der Waals surface area (Å²) in [6.07, 6.45) is 3.85. The van der Waals surface area contributed by atoms with Gasteiger partial charge in [0, 0.05) is 19.7 Å². The minimum Gasteiger partial charge on any atom is -0.378 e. The zero-order valence-corrected chi connectivity index (χ0v) is 7.96. The van der Waals surface area contributed by atoms with Crippen molar-refractivity contribution in [3.05, 3.63) is 0 Å². The molecule has 72 valence electrons. The maximum Gasteiger partial charge on any atom is 0.0599 e. The van der Waals surface area contributed by atoms with Crippen LogP contribution < -0.4 is 5.73 Å². The third-order valence-electron chi connectivity index (χ3n) is 2.37. The molecule has 0 bridgehead atoms. The lowest BCUT2D eigenvalue weighted by molar-refractivity contribution is 0.0122. The predicted octanol–water partition coefficient (Wildman–Crippen LogP) is 0.446. The van der Waals surface area contributed by atoms with E-state index in [1.165, 1.54) is 25.9 Å². The van der Waals surface area contributed by atoms with Crippen molar-refractivity contribution in [2.75, 3.05) is 33.3 Å². The van der Waals surface area contributed by atoms with Crippen molar-refractivity contribution in [1.82, 2.24) is 4.90 Å². The summed E-state index contributed by atoms with van der Waals surface area (Å²) >= 11 is 0.